The summed E-state index contributed by atoms with van der Waals surface area (Å²) in [6.45, 7) is 1.66. The van der Waals surface area contributed by atoms with E-state index in [-0.39, 0.29) is 5.91 Å². The Kier molecular flexibility index (Phi) is 5.88. The van der Waals surface area contributed by atoms with Crippen molar-refractivity contribution in [2.45, 2.75) is 18.6 Å². The number of rotatable bonds is 6. The number of methoxy groups -OCH3 is 1. The fourth-order valence-corrected chi connectivity index (χ4v) is 4.05. The Morgan fingerprint density at radius 2 is 1.83 bits per heavy atom. The number of benzene rings is 2. The van der Waals surface area contributed by atoms with Crippen LogP contribution in [0.25, 0.3) is 0 Å². The molecule has 0 N–H and O–H groups in total. The molecule has 0 aromatic heterocycles. The van der Waals surface area contributed by atoms with Crippen LogP contribution < -0.4 is 14.4 Å². The number of anilines is 1. The highest BCUT2D eigenvalue weighted by molar-refractivity contribution is 6.44. The molecule has 1 spiro atoms. The molecule has 4 rings (SSSR count). The van der Waals surface area contributed by atoms with Gasteiger partial charge in [-0.1, -0.05) is 35.3 Å². The molecule has 0 atom stereocenters. The molecule has 0 bridgehead atoms. The van der Waals surface area contributed by atoms with E-state index in [1.807, 2.05) is 24.3 Å². The minimum Gasteiger partial charge on any atom is -0.493 e. The number of hydrogen-bond acceptors (Lipinski definition) is 5. The van der Waals surface area contributed by atoms with Crippen LogP contribution in [-0.4, -0.2) is 39.4 Å². The molecule has 2 aromatic rings. The number of carbonyl (C=O) groups excluding carboxylic acids is 1. The SMILES string of the molecule is COc1ccccc1OCCCN1C(=O)C2(OCCCO2)c2ccc(Cl)c(Cl)c21. The molecule has 2 heterocycles. The monoisotopic (exact) mass is 437 g/mol. The Bertz CT molecular complexity index is 914. The zero-order valence-corrected chi connectivity index (χ0v) is 17.5. The van der Waals surface area contributed by atoms with Gasteiger partial charge in [-0.2, -0.15) is 0 Å². The molecule has 8 heteroatoms. The smallest absolute Gasteiger partial charge is 0.292 e. The highest BCUT2D eigenvalue weighted by Crippen LogP contribution is 2.50. The largest absolute Gasteiger partial charge is 0.493 e. The summed E-state index contributed by atoms with van der Waals surface area (Å²) in [5.74, 6) is -0.410. The molecular formula is C21H21Cl2NO5. The van der Waals surface area contributed by atoms with Crippen LogP contribution in [0.5, 0.6) is 11.5 Å². The second-order valence-electron chi connectivity index (χ2n) is 6.73. The molecule has 0 unspecified atom stereocenters. The van der Waals surface area contributed by atoms with Gasteiger partial charge in [-0.25, -0.2) is 0 Å². The van der Waals surface area contributed by atoms with Gasteiger partial charge in [0.2, 0.25) is 0 Å². The Morgan fingerprint density at radius 3 is 2.55 bits per heavy atom. The van der Waals surface area contributed by atoms with E-state index in [4.69, 9.17) is 42.1 Å². The molecule has 1 fully saturated rings. The van der Waals surface area contributed by atoms with Gasteiger partial charge in [-0.3, -0.25) is 4.79 Å². The van der Waals surface area contributed by atoms with E-state index in [1.165, 1.54) is 0 Å². The summed E-state index contributed by atoms with van der Waals surface area (Å²) in [5.41, 5.74) is 1.14. The fraction of sp³-hybridized carbons (Fsp3) is 0.381. The van der Waals surface area contributed by atoms with Crippen LogP contribution in [0.1, 0.15) is 18.4 Å². The molecule has 0 saturated carbocycles. The minimum atomic E-state index is -1.44. The molecule has 0 radical (unpaired) electrons. The van der Waals surface area contributed by atoms with Gasteiger partial charge in [0.05, 0.1) is 42.7 Å². The first-order chi connectivity index (χ1) is 14.1. The van der Waals surface area contributed by atoms with E-state index in [0.717, 1.165) is 6.42 Å². The van der Waals surface area contributed by atoms with Gasteiger partial charge in [0, 0.05) is 12.1 Å². The van der Waals surface area contributed by atoms with E-state index >= 15 is 0 Å². The first kappa shape index (κ1) is 20.3. The van der Waals surface area contributed by atoms with Gasteiger partial charge in [-0.15, -0.1) is 0 Å². The number of ether oxygens (including phenoxy) is 4. The van der Waals surface area contributed by atoms with E-state index in [0.29, 0.717) is 65.6 Å². The molecule has 1 amide bonds. The van der Waals surface area contributed by atoms with Crippen LogP contribution in [0.4, 0.5) is 5.69 Å². The number of hydrogen-bond donors (Lipinski definition) is 0. The fourth-order valence-electron chi connectivity index (χ4n) is 3.63. The van der Waals surface area contributed by atoms with Crippen LogP contribution in [0, 0.1) is 0 Å². The van der Waals surface area contributed by atoms with Crippen LogP contribution in [0.15, 0.2) is 36.4 Å². The van der Waals surface area contributed by atoms with Crippen molar-refractivity contribution in [2.24, 2.45) is 0 Å². The van der Waals surface area contributed by atoms with Crippen molar-refractivity contribution < 1.29 is 23.7 Å². The lowest BCUT2D eigenvalue weighted by Crippen LogP contribution is -2.47. The summed E-state index contributed by atoms with van der Waals surface area (Å²) in [6, 6.07) is 10.8. The molecule has 29 heavy (non-hydrogen) atoms. The average molecular weight is 438 g/mol. The van der Waals surface area contributed by atoms with Gasteiger partial charge in [-0.05, 0) is 37.1 Å². The maximum Gasteiger partial charge on any atom is 0.292 e. The second-order valence-corrected chi connectivity index (χ2v) is 7.52. The molecule has 6 nitrogen and oxygen atoms in total. The van der Waals surface area contributed by atoms with Crippen molar-refractivity contribution in [1.29, 1.82) is 0 Å². The molecule has 1 saturated heterocycles. The molecule has 2 aromatic carbocycles. The number of amides is 1. The Balaban J connectivity index is 1.52. The van der Waals surface area contributed by atoms with E-state index in [1.54, 1.807) is 24.1 Å². The van der Waals surface area contributed by atoms with Gasteiger partial charge in [0.25, 0.3) is 11.7 Å². The summed E-state index contributed by atoms with van der Waals surface area (Å²) in [7, 11) is 1.59. The first-order valence-corrected chi connectivity index (χ1v) is 10.2. The maximum absolute atomic E-state index is 13.3. The predicted octanol–water partition coefficient (Wildman–Crippen LogP) is 4.41. The van der Waals surface area contributed by atoms with Crippen LogP contribution in [0.2, 0.25) is 10.0 Å². The molecular weight excluding hydrogens is 417 g/mol. The zero-order valence-electron chi connectivity index (χ0n) is 16.0. The normalized spacial score (nSPS) is 17.5. The minimum absolute atomic E-state index is 0.284. The van der Waals surface area contributed by atoms with Crippen molar-refractivity contribution in [1.82, 2.24) is 0 Å². The zero-order chi connectivity index (χ0) is 20.4. The molecule has 2 aliphatic heterocycles. The first-order valence-electron chi connectivity index (χ1n) is 9.42. The summed E-state index contributed by atoms with van der Waals surface area (Å²) in [5, 5.41) is 0.694. The topological polar surface area (TPSA) is 57.2 Å². The summed E-state index contributed by atoms with van der Waals surface area (Å²) < 4.78 is 22.8. The third-order valence-corrected chi connectivity index (χ3v) is 5.77. The van der Waals surface area contributed by atoms with Crippen LogP contribution in [0.3, 0.4) is 0 Å². The van der Waals surface area contributed by atoms with E-state index in [2.05, 4.69) is 0 Å². The molecule has 154 valence electrons. The highest BCUT2D eigenvalue weighted by Gasteiger charge is 2.55. The predicted molar refractivity (Wildman–Crippen MR) is 110 cm³/mol. The molecule has 2 aliphatic rings. The quantitative estimate of drug-likeness (QED) is 0.626. The van der Waals surface area contributed by atoms with Crippen molar-refractivity contribution in [3.8, 4) is 11.5 Å². The third kappa shape index (κ3) is 3.55. The standard InChI is InChI=1S/C21H21Cl2NO5/c1-26-16-6-2-3-7-17(16)27-11-4-10-24-19-14(8-9-15(22)18(19)23)21(20(24)25)28-12-5-13-29-21/h2-3,6-9H,4-5,10-13H2,1H3. The lowest BCUT2D eigenvalue weighted by atomic mass is 10.1. The van der Waals surface area contributed by atoms with E-state index in [9.17, 15) is 4.79 Å². The number of carbonyl (C=O) groups is 1. The van der Waals surface area contributed by atoms with Crippen molar-refractivity contribution >= 4 is 34.8 Å². The summed E-state index contributed by atoms with van der Waals surface area (Å²) in [6.07, 6.45) is 1.31. The lowest BCUT2D eigenvalue weighted by Gasteiger charge is -2.32. The number of fused-ring (bicyclic) bond motifs is 2. The van der Waals surface area contributed by atoms with Crippen LogP contribution >= 0.6 is 23.2 Å². The Morgan fingerprint density at radius 1 is 1.10 bits per heavy atom. The average Bonchev–Trinajstić information content (AvgIpc) is 2.97. The lowest BCUT2D eigenvalue weighted by molar-refractivity contribution is -0.256. The van der Waals surface area contributed by atoms with Gasteiger partial charge < -0.3 is 23.8 Å². The van der Waals surface area contributed by atoms with E-state index < -0.39 is 5.79 Å². The molecule has 0 aliphatic carbocycles. The Hall–Kier alpha value is -1.99. The highest BCUT2D eigenvalue weighted by atomic mass is 35.5. The van der Waals surface area contributed by atoms with Crippen molar-refractivity contribution in [2.75, 3.05) is 38.4 Å². The summed E-state index contributed by atoms with van der Waals surface area (Å²) >= 11 is 12.7. The summed E-state index contributed by atoms with van der Waals surface area (Å²) in [4.78, 5) is 14.9. The van der Waals surface area contributed by atoms with Gasteiger partial charge >= 0.3 is 0 Å². The van der Waals surface area contributed by atoms with Crippen LogP contribution in [-0.2, 0) is 20.1 Å². The second kappa shape index (κ2) is 8.40. The number of nitrogens with zero attached hydrogens (tertiary/aromatic N) is 1. The van der Waals surface area contributed by atoms with Gasteiger partial charge in [0.1, 0.15) is 0 Å². The van der Waals surface area contributed by atoms with Gasteiger partial charge in [0.15, 0.2) is 11.5 Å². The van der Waals surface area contributed by atoms with Crippen molar-refractivity contribution in [3.63, 3.8) is 0 Å². The maximum atomic E-state index is 13.3. The Labute approximate surface area is 179 Å². The number of halogens is 2. The van der Waals surface area contributed by atoms with Crippen molar-refractivity contribution in [3.05, 3.63) is 52.0 Å². The third-order valence-electron chi connectivity index (χ3n) is 4.97. The number of para-hydroxylation sites is 2.